The van der Waals surface area contributed by atoms with Crippen LogP contribution < -0.4 is 10.6 Å². The Balaban J connectivity index is 1.46. The Morgan fingerprint density at radius 1 is 1.35 bits per heavy atom. The summed E-state index contributed by atoms with van der Waals surface area (Å²) in [6, 6.07) is 8.91. The Morgan fingerprint density at radius 2 is 2.15 bits per heavy atom. The molecule has 1 unspecified atom stereocenters. The van der Waals surface area contributed by atoms with Gasteiger partial charge in [-0.1, -0.05) is 18.2 Å². The average molecular weight is 273 g/mol. The summed E-state index contributed by atoms with van der Waals surface area (Å²) in [6.07, 6.45) is 4.47. The van der Waals surface area contributed by atoms with Crippen LogP contribution >= 0.6 is 0 Å². The zero-order valence-electron chi connectivity index (χ0n) is 12.1. The fourth-order valence-corrected chi connectivity index (χ4v) is 2.81. The summed E-state index contributed by atoms with van der Waals surface area (Å²) >= 11 is 0. The van der Waals surface area contributed by atoms with Gasteiger partial charge < -0.3 is 15.5 Å². The van der Waals surface area contributed by atoms with Crippen LogP contribution in [0.1, 0.15) is 24.8 Å². The summed E-state index contributed by atoms with van der Waals surface area (Å²) in [5.41, 5.74) is 2.42. The lowest BCUT2D eigenvalue weighted by Crippen LogP contribution is -2.44. The SMILES string of the molecule is CN(CCNC(=O)C1CCc2ccccc2N1)C1CC1. The van der Waals surface area contributed by atoms with Crippen LogP contribution in [0.4, 0.5) is 5.69 Å². The molecule has 0 saturated heterocycles. The van der Waals surface area contributed by atoms with Gasteiger partial charge in [0.15, 0.2) is 0 Å². The first kappa shape index (κ1) is 13.4. The van der Waals surface area contributed by atoms with Crippen LogP contribution in [0.2, 0.25) is 0 Å². The van der Waals surface area contributed by atoms with Gasteiger partial charge in [-0.05, 0) is 44.4 Å². The van der Waals surface area contributed by atoms with E-state index in [2.05, 4.69) is 40.8 Å². The number of nitrogens with zero attached hydrogens (tertiary/aromatic N) is 1. The predicted octanol–water partition coefficient (Wildman–Crippen LogP) is 1.62. The Kier molecular flexibility index (Phi) is 3.92. The number of anilines is 1. The van der Waals surface area contributed by atoms with Gasteiger partial charge >= 0.3 is 0 Å². The van der Waals surface area contributed by atoms with E-state index >= 15 is 0 Å². The molecular formula is C16H23N3O. The molecule has 1 aromatic rings. The summed E-state index contributed by atoms with van der Waals surface area (Å²) in [7, 11) is 2.14. The smallest absolute Gasteiger partial charge is 0.242 e. The highest BCUT2D eigenvalue weighted by molar-refractivity contribution is 5.85. The van der Waals surface area contributed by atoms with E-state index in [0.29, 0.717) is 0 Å². The van der Waals surface area contributed by atoms with E-state index in [-0.39, 0.29) is 11.9 Å². The maximum absolute atomic E-state index is 12.2. The van der Waals surface area contributed by atoms with Crippen LogP contribution in [-0.4, -0.2) is 43.0 Å². The van der Waals surface area contributed by atoms with E-state index in [9.17, 15) is 4.79 Å². The van der Waals surface area contributed by atoms with Crippen molar-refractivity contribution in [2.24, 2.45) is 0 Å². The van der Waals surface area contributed by atoms with Gasteiger partial charge in [0.2, 0.25) is 5.91 Å². The summed E-state index contributed by atoms with van der Waals surface area (Å²) in [5.74, 6) is 0.128. The first-order valence-electron chi connectivity index (χ1n) is 7.56. The molecule has 1 atom stereocenters. The Bertz CT molecular complexity index is 484. The molecule has 1 aromatic carbocycles. The Labute approximate surface area is 120 Å². The zero-order chi connectivity index (χ0) is 13.9. The molecule has 0 aromatic heterocycles. The molecule has 1 heterocycles. The number of rotatable bonds is 5. The molecule has 1 fully saturated rings. The third-order valence-electron chi connectivity index (χ3n) is 4.30. The van der Waals surface area contributed by atoms with Gasteiger partial charge in [0.05, 0.1) is 0 Å². The number of benzene rings is 1. The molecule has 2 aliphatic rings. The molecule has 1 amide bonds. The minimum atomic E-state index is -0.0869. The van der Waals surface area contributed by atoms with Crippen molar-refractivity contribution >= 4 is 11.6 Å². The highest BCUT2D eigenvalue weighted by Crippen LogP contribution is 2.25. The zero-order valence-corrected chi connectivity index (χ0v) is 12.1. The number of fused-ring (bicyclic) bond motifs is 1. The largest absolute Gasteiger partial charge is 0.373 e. The molecule has 4 nitrogen and oxygen atoms in total. The van der Waals surface area contributed by atoms with Gasteiger partial charge in [0, 0.05) is 24.8 Å². The number of para-hydroxylation sites is 1. The van der Waals surface area contributed by atoms with E-state index in [1.807, 2.05) is 6.07 Å². The lowest BCUT2D eigenvalue weighted by molar-refractivity contribution is -0.122. The maximum Gasteiger partial charge on any atom is 0.242 e. The first-order valence-corrected chi connectivity index (χ1v) is 7.56. The lowest BCUT2D eigenvalue weighted by Gasteiger charge is -2.26. The Hall–Kier alpha value is -1.55. The quantitative estimate of drug-likeness (QED) is 0.857. The van der Waals surface area contributed by atoms with E-state index < -0.39 is 0 Å². The molecule has 0 bridgehead atoms. The molecule has 1 aliphatic carbocycles. The van der Waals surface area contributed by atoms with Crippen molar-refractivity contribution in [3.05, 3.63) is 29.8 Å². The van der Waals surface area contributed by atoms with Crippen molar-refractivity contribution in [2.75, 3.05) is 25.5 Å². The number of hydrogen-bond acceptors (Lipinski definition) is 3. The number of hydrogen-bond donors (Lipinski definition) is 2. The number of carbonyl (C=O) groups excluding carboxylic acids is 1. The fourth-order valence-electron chi connectivity index (χ4n) is 2.81. The van der Waals surface area contributed by atoms with E-state index in [4.69, 9.17) is 0 Å². The van der Waals surface area contributed by atoms with Crippen LogP contribution in [0.5, 0.6) is 0 Å². The molecule has 0 radical (unpaired) electrons. The summed E-state index contributed by atoms with van der Waals surface area (Å²) < 4.78 is 0. The number of carbonyl (C=O) groups is 1. The second-order valence-corrected chi connectivity index (χ2v) is 5.90. The van der Waals surface area contributed by atoms with Crippen molar-refractivity contribution < 1.29 is 4.79 Å². The van der Waals surface area contributed by atoms with Crippen molar-refractivity contribution in [1.82, 2.24) is 10.2 Å². The Morgan fingerprint density at radius 3 is 2.95 bits per heavy atom. The molecule has 1 aliphatic heterocycles. The molecule has 3 rings (SSSR count). The highest BCUT2D eigenvalue weighted by atomic mass is 16.2. The molecule has 20 heavy (non-hydrogen) atoms. The normalized spacial score (nSPS) is 21.2. The van der Waals surface area contributed by atoms with Crippen molar-refractivity contribution in [3.8, 4) is 0 Å². The van der Waals surface area contributed by atoms with Gasteiger partial charge in [0.25, 0.3) is 0 Å². The summed E-state index contributed by atoms with van der Waals surface area (Å²) in [5, 5.41) is 6.40. The molecular weight excluding hydrogens is 250 g/mol. The van der Waals surface area contributed by atoms with Crippen molar-refractivity contribution in [3.63, 3.8) is 0 Å². The van der Waals surface area contributed by atoms with Crippen LogP contribution in [-0.2, 0) is 11.2 Å². The summed E-state index contributed by atoms with van der Waals surface area (Å²) in [4.78, 5) is 14.5. The van der Waals surface area contributed by atoms with Gasteiger partial charge in [0.1, 0.15) is 6.04 Å². The fraction of sp³-hybridized carbons (Fsp3) is 0.562. The van der Waals surface area contributed by atoms with E-state index in [1.54, 1.807) is 0 Å². The monoisotopic (exact) mass is 273 g/mol. The van der Waals surface area contributed by atoms with Gasteiger partial charge in [-0.25, -0.2) is 0 Å². The summed E-state index contributed by atoms with van der Waals surface area (Å²) in [6.45, 7) is 1.69. The molecule has 0 spiro atoms. The van der Waals surface area contributed by atoms with Crippen molar-refractivity contribution in [1.29, 1.82) is 0 Å². The molecule has 1 saturated carbocycles. The second-order valence-electron chi connectivity index (χ2n) is 5.90. The van der Waals surface area contributed by atoms with Gasteiger partial charge in [-0.2, -0.15) is 0 Å². The highest BCUT2D eigenvalue weighted by Gasteiger charge is 2.26. The molecule has 108 valence electrons. The van der Waals surface area contributed by atoms with Crippen LogP contribution in [0, 0.1) is 0 Å². The number of nitrogens with one attached hydrogen (secondary N) is 2. The first-order chi connectivity index (χ1) is 9.74. The molecule has 2 N–H and O–H groups in total. The third kappa shape index (κ3) is 3.12. The van der Waals surface area contributed by atoms with Crippen LogP contribution in [0.15, 0.2) is 24.3 Å². The van der Waals surface area contributed by atoms with E-state index in [0.717, 1.165) is 37.7 Å². The predicted molar refractivity (Wildman–Crippen MR) is 80.8 cm³/mol. The number of likely N-dealkylation sites (N-methyl/N-ethyl adjacent to an activating group) is 1. The number of aryl methyl sites for hydroxylation is 1. The second kappa shape index (κ2) is 5.83. The number of amides is 1. The average Bonchev–Trinajstić information content (AvgIpc) is 3.31. The van der Waals surface area contributed by atoms with E-state index in [1.165, 1.54) is 18.4 Å². The minimum Gasteiger partial charge on any atom is -0.373 e. The van der Waals surface area contributed by atoms with Crippen LogP contribution in [0.3, 0.4) is 0 Å². The van der Waals surface area contributed by atoms with Gasteiger partial charge in [-0.3, -0.25) is 4.79 Å². The topological polar surface area (TPSA) is 44.4 Å². The standard InChI is InChI=1S/C16H23N3O/c1-19(13-7-8-13)11-10-17-16(20)15-9-6-12-4-2-3-5-14(12)18-15/h2-5,13,15,18H,6-11H2,1H3,(H,17,20). The minimum absolute atomic E-state index is 0.0869. The lowest BCUT2D eigenvalue weighted by atomic mass is 9.98. The molecule has 4 heteroatoms. The van der Waals surface area contributed by atoms with Crippen LogP contribution in [0.25, 0.3) is 0 Å². The maximum atomic E-state index is 12.2. The van der Waals surface area contributed by atoms with Crippen molar-refractivity contribution in [2.45, 2.75) is 37.8 Å². The van der Waals surface area contributed by atoms with Gasteiger partial charge in [-0.15, -0.1) is 0 Å². The third-order valence-corrected chi connectivity index (χ3v) is 4.30.